The molecule has 3 aromatic rings. The van der Waals surface area contributed by atoms with Crippen LogP contribution in [-0.4, -0.2) is 64.8 Å². The Morgan fingerprint density at radius 3 is 2.81 bits per heavy atom. The Hall–Kier alpha value is -2.58. The minimum atomic E-state index is -0.878. The molecule has 3 atom stereocenters. The second kappa shape index (κ2) is 8.16. The van der Waals surface area contributed by atoms with Gasteiger partial charge in [-0.25, -0.2) is 19.0 Å². The van der Waals surface area contributed by atoms with E-state index in [0.29, 0.717) is 25.6 Å². The van der Waals surface area contributed by atoms with Gasteiger partial charge in [0.2, 0.25) is 0 Å². The van der Waals surface area contributed by atoms with Crippen LogP contribution in [0.2, 0.25) is 0 Å². The normalized spacial score (nSPS) is 24.6. The Morgan fingerprint density at radius 2 is 2.00 bits per heavy atom. The standard InChI is InChI=1S/C23H29FN6O/c1-14-8-17-11-26-30(21(17)9-19(14)18-4-5-25-12-20(18)24)23-10-22(27-16(3)28-23)29-6-7-31-13-15(29)2/h8-11,15,18,20,25H,4-7,12-13H2,1-3H3/t15-,18?,20?/m1/s1. The van der Waals surface area contributed by atoms with Crippen LogP contribution >= 0.6 is 0 Å². The van der Waals surface area contributed by atoms with Crippen molar-refractivity contribution in [3.8, 4) is 5.82 Å². The average molecular weight is 425 g/mol. The van der Waals surface area contributed by atoms with Gasteiger partial charge in [0, 0.05) is 30.5 Å². The van der Waals surface area contributed by atoms with E-state index in [1.54, 1.807) is 0 Å². The number of aromatic nitrogens is 4. The quantitative estimate of drug-likeness (QED) is 0.697. The number of alkyl halides is 1. The van der Waals surface area contributed by atoms with Crippen molar-refractivity contribution in [2.24, 2.45) is 0 Å². The number of anilines is 1. The van der Waals surface area contributed by atoms with Crippen LogP contribution in [0.5, 0.6) is 0 Å². The van der Waals surface area contributed by atoms with E-state index in [0.717, 1.165) is 53.2 Å². The number of ether oxygens (including phenoxy) is 1. The topological polar surface area (TPSA) is 68.1 Å². The zero-order valence-electron chi connectivity index (χ0n) is 18.3. The van der Waals surface area contributed by atoms with Crippen molar-refractivity contribution in [2.75, 3.05) is 37.7 Å². The molecule has 2 aliphatic heterocycles. The lowest BCUT2D eigenvalue weighted by Gasteiger charge is -2.34. The van der Waals surface area contributed by atoms with E-state index in [4.69, 9.17) is 4.74 Å². The molecule has 1 N–H and O–H groups in total. The Labute approximate surface area is 181 Å². The smallest absolute Gasteiger partial charge is 0.159 e. The minimum absolute atomic E-state index is 0.0918. The SMILES string of the molecule is Cc1nc(N2CCOC[C@H]2C)cc(-n2ncc3cc(C)c(C4CCNCC4F)cc32)n1. The molecular formula is C23H29FN6O. The first kappa shape index (κ1) is 20.3. The van der Waals surface area contributed by atoms with E-state index in [2.05, 4.69) is 51.3 Å². The highest BCUT2D eigenvalue weighted by atomic mass is 19.1. The first-order chi connectivity index (χ1) is 15.0. The van der Waals surface area contributed by atoms with E-state index in [1.165, 1.54) is 0 Å². The zero-order valence-corrected chi connectivity index (χ0v) is 18.3. The average Bonchev–Trinajstić information content (AvgIpc) is 3.16. The number of nitrogens with one attached hydrogen (secondary N) is 1. The summed E-state index contributed by atoms with van der Waals surface area (Å²) in [6.45, 7) is 9.54. The lowest BCUT2D eigenvalue weighted by atomic mass is 9.85. The fourth-order valence-corrected chi connectivity index (χ4v) is 4.82. The molecule has 0 bridgehead atoms. The van der Waals surface area contributed by atoms with Crippen LogP contribution in [-0.2, 0) is 4.74 Å². The molecule has 2 fully saturated rings. The summed E-state index contributed by atoms with van der Waals surface area (Å²) in [5.41, 5.74) is 3.13. The summed E-state index contributed by atoms with van der Waals surface area (Å²) in [6.07, 6.45) is 1.78. The molecule has 5 rings (SSSR count). The van der Waals surface area contributed by atoms with Crippen LogP contribution in [0.25, 0.3) is 16.7 Å². The van der Waals surface area contributed by atoms with Crippen LogP contribution in [0, 0.1) is 13.8 Å². The van der Waals surface area contributed by atoms with Gasteiger partial charge < -0.3 is 15.0 Å². The highest BCUT2D eigenvalue weighted by Crippen LogP contribution is 2.33. The van der Waals surface area contributed by atoms with Gasteiger partial charge >= 0.3 is 0 Å². The van der Waals surface area contributed by atoms with E-state index in [-0.39, 0.29) is 12.0 Å². The van der Waals surface area contributed by atoms with E-state index in [1.807, 2.05) is 23.9 Å². The Kier molecular flexibility index (Phi) is 5.35. The van der Waals surface area contributed by atoms with Gasteiger partial charge in [-0.05, 0) is 57.0 Å². The van der Waals surface area contributed by atoms with Crippen molar-refractivity contribution in [1.29, 1.82) is 0 Å². The largest absolute Gasteiger partial charge is 0.377 e. The third-order valence-electron chi connectivity index (χ3n) is 6.45. The molecule has 164 valence electrons. The number of fused-ring (bicyclic) bond motifs is 1. The molecule has 7 nitrogen and oxygen atoms in total. The van der Waals surface area contributed by atoms with Gasteiger partial charge in [-0.15, -0.1) is 0 Å². The molecule has 0 aliphatic carbocycles. The Balaban J connectivity index is 1.58. The minimum Gasteiger partial charge on any atom is -0.377 e. The highest BCUT2D eigenvalue weighted by Gasteiger charge is 2.28. The Morgan fingerprint density at radius 1 is 1.16 bits per heavy atom. The maximum absolute atomic E-state index is 14.7. The summed E-state index contributed by atoms with van der Waals surface area (Å²) in [7, 11) is 0. The molecule has 2 aromatic heterocycles. The van der Waals surface area contributed by atoms with E-state index >= 15 is 0 Å². The molecule has 0 amide bonds. The van der Waals surface area contributed by atoms with Crippen molar-refractivity contribution in [2.45, 2.75) is 45.3 Å². The monoisotopic (exact) mass is 424 g/mol. The highest BCUT2D eigenvalue weighted by molar-refractivity contribution is 5.82. The second-order valence-corrected chi connectivity index (χ2v) is 8.69. The number of hydrogen-bond donors (Lipinski definition) is 1. The number of halogens is 1. The first-order valence-electron chi connectivity index (χ1n) is 11.0. The van der Waals surface area contributed by atoms with Crippen molar-refractivity contribution in [1.82, 2.24) is 25.1 Å². The molecule has 0 saturated carbocycles. The molecule has 2 aliphatic rings. The zero-order chi connectivity index (χ0) is 21.5. The third-order valence-corrected chi connectivity index (χ3v) is 6.45. The van der Waals surface area contributed by atoms with Crippen LogP contribution in [0.3, 0.4) is 0 Å². The fraction of sp³-hybridized carbons (Fsp3) is 0.522. The predicted molar refractivity (Wildman–Crippen MR) is 119 cm³/mol. The van der Waals surface area contributed by atoms with Crippen LogP contribution in [0.15, 0.2) is 24.4 Å². The molecular weight excluding hydrogens is 395 g/mol. The Bertz CT molecular complexity index is 1100. The lowest BCUT2D eigenvalue weighted by Crippen LogP contribution is -2.44. The lowest BCUT2D eigenvalue weighted by molar-refractivity contribution is 0.0985. The summed E-state index contributed by atoms with van der Waals surface area (Å²) in [5.74, 6) is 2.22. The fourth-order valence-electron chi connectivity index (χ4n) is 4.82. The molecule has 8 heteroatoms. The molecule has 0 spiro atoms. The second-order valence-electron chi connectivity index (χ2n) is 8.69. The van der Waals surface area contributed by atoms with E-state index < -0.39 is 6.17 Å². The summed E-state index contributed by atoms with van der Waals surface area (Å²) >= 11 is 0. The molecule has 4 heterocycles. The molecule has 2 unspecified atom stereocenters. The maximum Gasteiger partial charge on any atom is 0.159 e. The van der Waals surface area contributed by atoms with Gasteiger partial charge in [0.1, 0.15) is 17.8 Å². The number of piperidine rings is 1. The van der Waals surface area contributed by atoms with E-state index in [9.17, 15) is 4.39 Å². The van der Waals surface area contributed by atoms with Gasteiger partial charge in [0.05, 0.1) is 31.0 Å². The number of morpholine rings is 1. The van der Waals surface area contributed by atoms with Gasteiger partial charge in [-0.1, -0.05) is 0 Å². The molecule has 0 radical (unpaired) electrons. The van der Waals surface area contributed by atoms with Crippen LogP contribution in [0.4, 0.5) is 10.2 Å². The summed E-state index contributed by atoms with van der Waals surface area (Å²) in [4.78, 5) is 11.6. The first-order valence-corrected chi connectivity index (χ1v) is 11.0. The molecule has 1 aromatic carbocycles. The molecule has 2 saturated heterocycles. The molecule has 31 heavy (non-hydrogen) atoms. The van der Waals surface area contributed by atoms with Gasteiger partial charge in [-0.2, -0.15) is 5.10 Å². The number of hydrogen-bond acceptors (Lipinski definition) is 6. The van der Waals surface area contributed by atoms with Crippen molar-refractivity contribution in [3.05, 3.63) is 41.3 Å². The maximum atomic E-state index is 14.7. The van der Waals surface area contributed by atoms with Crippen LogP contribution in [0.1, 0.15) is 36.2 Å². The van der Waals surface area contributed by atoms with Gasteiger partial charge in [-0.3, -0.25) is 0 Å². The summed E-state index contributed by atoms with van der Waals surface area (Å²) in [6, 6.07) is 6.46. The van der Waals surface area contributed by atoms with Crippen molar-refractivity contribution >= 4 is 16.7 Å². The predicted octanol–water partition coefficient (Wildman–Crippen LogP) is 3.07. The van der Waals surface area contributed by atoms with Crippen LogP contribution < -0.4 is 10.2 Å². The number of aryl methyl sites for hydroxylation is 2. The number of rotatable bonds is 3. The number of nitrogens with zero attached hydrogens (tertiary/aromatic N) is 5. The van der Waals surface area contributed by atoms with Crippen molar-refractivity contribution in [3.63, 3.8) is 0 Å². The summed E-state index contributed by atoms with van der Waals surface area (Å²) in [5, 5.41) is 8.81. The third kappa shape index (κ3) is 3.78. The summed E-state index contributed by atoms with van der Waals surface area (Å²) < 4.78 is 22.1. The van der Waals surface area contributed by atoms with Crippen molar-refractivity contribution < 1.29 is 9.13 Å². The number of benzene rings is 1. The van der Waals surface area contributed by atoms with Gasteiger partial charge in [0.25, 0.3) is 0 Å². The van der Waals surface area contributed by atoms with Gasteiger partial charge in [0.15, 0.2) is 5.82 Å².